The van der Waals surface area contributed by atoms with Crippen LogP contribution in [0.5, 0.6) is 5.75 Å². The van der Waals surface area contributed by atoms with E-state index in [0.717, 1.165) is 5.56 Å². The first kappa shape index (κ1) is 22.2. The average molecular weight is 422 g/mol. The van der Waals surface area contributed by atoms with E-state index in [1.807, 2.05) is 38.1 Å². The molecule has 0 bridgehead atoms. The largest absolute Gasteiger partial charge is 0.507 e. The van der Waals surface area contributed by atoms with Gasteiger partial charge in [0.25, 0.3) is 11.7 Å². The van der Waals surface area contributed by atoms with Gasteiger partial charge in [-0.1, -0.05) is 42.0 Å². The van der Waals surface area contributed by atoms with Crippen molar-refractivity contribution in [2.75, 3.05) is 27.2 Å². The fraction of sp³-hybridized carbons (Fsp3) is 0.292. The van der Waals surface area contributed by atoms with Gasteiger partial charge in [-0.3, -0.25) is 14.4 Å². The molecule has 0 aromatic heterocycles. The number of likely N-dealkylation sites (N-methyl/N-ethyl adjacent to an activating group) is 1. The maximum Gasteiger partial charge on any atom is 0.308 e. The minimum atomic E-state index is -0.795. The number of aryl methyl sites for hydroxylation is 1. The van der Waals surface area contributed by atoms with Crippen LogP contribution < -0.4 is 4.74 Å². The number of ketones is 1. The standard InChI is InChI=1S/C24H26N2O5/c1-15-8-10-17(11-9-15)22(28)20-21(18-6-5-7-19(14-18)31-16(2)27)26(13-12-25(3)4)24(30)23(20)29/h5-11,14,21,28H,12-13H2,1-4H3/b22-20-. The summed E-state index contributed by atoms with van der Waals surface area (Å²) in [5.41, 5.74) is 2.06. The molecule has 1 atom stereocenters. The number of likely N-dealkylation sites (tertiary alicyclic amines) is 1. The van der Waals surface area contributed by atoms with Crippen molar-refractivity contribution in [3.05, 3.63) is 70.8 Å². The third-order valence-corrected chi connectivity index (χ3v) is 5.09. The predicted octanol–water partition coefficient (Wildman–Crippen LogP) is 2.90. The lowest BCUT2D eigenvalue weighted by Gasteiger charge is -2.26. The molecule has 1 unspecified atom stereocenters. The topological polar surface area (TPSA) is 87.1 Å². The number of hydrogen-bond donors (Lipinski definition) is 1. The Balaban J connectivity index is 2.14. The predicted molar refractivity (Wildman–Crippen MR) is 116 cm³/mol. The number of amides is 1. The Labute approximate surface area is 181 Å². The van der Waals surface area contributed by atoms with Gasteiger partial charge in [0.05, 0.1) is 11.6 Å². The molecule has 1 aliphatic heterocycles. The zero-order chi connectivity index (χ0) is 22.7. The highest BCUT2D eigenvalue weighted by Crippen LogP contribution is 2.40. The second-order valence-electron chi connectivity index (χ2n) is 7.83. The van der Waals surface area contributed by atoms with Crippen LogP contribution in [0, 0.1) is 6.92 Å². The summed E-state index contributed by atoms with van der Waals surface area (Å²) < 4.78 is 5.18. The molecular weight excluding hydrogens is 396 g/mol. The molecule has 1 heterocycles. The van der Waals surface area contributed by atoms with Gasteiger partial charge < -0.3 is 19.6 Å². The van der Waals surface area contributed by atoms with Crippen LogP contribution in [0.25, 0.3) is 5.76 Å². The van der Waals surface area contributed by atoms with Gasteiger partial charge in [0.15, 0.2) is 0 Å². The second-order valence-corrected chi connectivity index (χ2v) is 7.83. The zero-order valence-electron chi connectivity index (χ0n) is 18.1. The molecule has 1 amide bonds. The lowest BCUT2D eigenvalue weighted by Crippen LogP contribution is -2.35. The van der Waals surface area contributed by atoms with Crippen LogP contribution in [-0.2, 0) is 14.4 Å². The third kappa shape index (κ3) is 4.83. The summed E-state index contributed by atoms with van der Waals surface area (Å²) in [6.07, 6.45) is 0. The molecule has 2 aromatic carbocycles. The minimum Gasteiger partial charge on any atom is -0.507 e. The maximum atomic E-state index is 13.0. The van der Waals surface area contributed by atoms with Crippen LogP contribution in [-0.4, -0.2) is 59.8 Å². The summed E-state index contributed by atoms with van der Waals surface area (Å²) >= 11 is 0. The molecule has 1 fully saturated rings. The van der Waals surface area contributed by atoms with Crippen LogP contribution in [0.1, 0.15) is 29.7 Å². The van der Waals surface area contributed by atoms with Gasteiger partial charge in [-0.05, 0) is 38.7 Å². The third-order valence-electron chi connectivity index (χ3n) is 5.09. The van der Waals surface area contributed by atoms with Gasteiger partial charge in [0.1, 0.15) is 11.5 Å². The number of aliphatic hydroxyl groups is 1. The Morgan fingerprint density at radius 1 is 1.13 bits per heavy atom. The van der Waals surface area contributed by atoms with Crippen LogP contribution in [0.2, 0.25) is 0 Å². The van der Waals surface area contributed by atoms with E-state index in [1.165, 1.54) is 11.8 Å². The molecule has 7 nitrogen and oxygen atoms in total. The molecule has 0 spiro atoms. The summed E-state index contributed by atoms with van der Waals surface area (Å²) in [6, 6.07) is 13.0. The van der Waals surface area contributed by atoms with Crippen molar-refractivity contribution >= 4 is 23.4 Å². The monoisotopic (exact) mass is 422 g/mol. The molecule has 1 aliphatic rings. The highest BCUT2D eigenvalue weighted by atomic mass is 16.5. The van der Waals surface area contributed by atoms with Gasteiger partial charge in [0.2, 0.25) is 0 Å². The smallest absolute Gasteiger partial charge is 0.308 e. The Hall–Kier alpha value is -3.45. The fourth-order valence-corrected chi connectivity index (χ4v) is 3.55. The molecule has 0 aliphatic carbocycles. The summed E-state index contributed by atoms with van der Waals surface area (Å²) in [5, 5.41) is 11.0. The molecule has 7 heteroatoms. The van der Waals surface area contributed by atoms with Crippen molar-refractivity contribution < 1.29 is 24.2 Å². The number of rotatable bonds is 6. The number of Topliss-reactive ketones (excluding diaryl/α,β-unsaturated/α-hetero) is 1. The molecule has 1 N–H and O–H groups in total. The van der Waals surface area contributed by atoms with Crippen molar-refractivity contribution in [2.24, 2.45) is 0 Å². The molecular formula is C24H26N2O5. The molecule has 1 saturated heterocycles. The van der Waals surface area contributed by atoms with Gasteiger partial charge in [-0.2, -0.15) is 0 Å². The Bertz CT molecular complexity index is 1040. The second kappa shape index (κ2) is 9.14. The van der Waals surface area contributed by atoms with Gasteiger partial charge in [0, 0.05) is 25.6 Å². The maximum absolute atomic E-state index is 13.0. The number of benzene rings is 2. The van der Waals surface area contributed by atoms with Crippen molar-refractivity contribution in [3.8, 4) is 5.75 Å². The summed E-state index contributed by atoms with van der Waals surface area (Å²) in [5.74, 6) is -1.80. The lowest BCUT2D eigenvalue weighted by molar-refractivity contribution is -0.140. The summed E-state index contributed by atoms with van der Waals surface area (Å²) in [6.45, 7) is 4.06. The first-order chi connectivity index (χ1) is 14.7. The van der Waals surface area contributed by atoms with E-state index in [1.54, 1.807) is 36.4 Å². The molecule has 2 aromatic rings. The first-order valence-electron chi connectivity index (χ1n) is 9.97. The molecule has 31 heavy (non-hydrogen) atoms. The van der Waals surface area contributed by atoms with E-state index in [2.05, 4.69) is 0 Å². The van der Waals surface area contributed by atoms with E-state index in [4.69, 9.17) is 4.74 Å². The van der Waals surface area contributed by atoms with E-state index >= 15 is 0 Å². The van der Waals surface area contributed by atoms with E-state index in [9.17, 15) is 19.5 Å². The fourth-order valence-electron chi connectivity index (χ4n) is 3.55. The quantitative estimate of drug-likeness (QED) is 0.253. The zero-order valence-corrected chi connectivity index (χ0v) is 18.1. The van der Waals surface area contributed by atoms with Crippen LogP contribution in [0.15, 0.2) is 54.1 Å². The number of nitrogens with zero attached hydrogens (tertiary/aromatic N) is 2. The van der Waals surface area contributed by atoms with Gasteiger partial charge in [-0.25, -0.2) is 0 Å². The highest BCUT2D eigenvalue weighted by Gasteiger charge is 2.46. The normalized spacial score (nSPS) is 18.0. The number of hydrogen-bond acceptors (Lipinski definition) is 6. The Kier molecular flexibility index (Phi) is 6.56. The molecule has 0 radical (unpaired) electrons. The lowest BCUT2D eigenvalue weighted by atomic mass is 9.95. The summed E-state index contributed by atoms with van der Waals surface area (Å²) in [4.78, 5) is 40.6. The molecule has 162 valence electrons. The summed E-state index contributed by atoms with van der Waals surface area (Å²) in [7, 11) is 3.75. The van der Waals surface area contributed by atoms with E-state index < -0.39 is 23.7 Å². The SMILES string of the molecule is CC(=O)Oc1cccc(C2/C(=C(/O)c3ccc(C)cc3)C(=O)C(=O)N2CCN(C)C)c1. The molecule has 0 saturated carbocycles. The van der Waals surface area contributed by atoms with Crippen molar-refractivity contribution in [2.45, 2.75) is 19.9 Å². The first-order valence-corrected chi connectivity index (χ1v) is 9.97. The van der Waals surface area contributed by atoms with E-state index in [0.29, 0.717) is 30.0 Å². The average Bonchev–Trinajstić information content (AvgIpc) is 2.96. The van der Waals surface area contributed by atoms with Gasteiger partial charge >= 0.3 is 5.97 Å². The number of esters is 1. The highest BCUT2D eigenvalue weighted by molar-refractivity contribution is 6.46. The Morgan fingerprint density at radius 3 is 2.42 bits per heavy atom. The minimum absolute atomic E-state index is 0.0209. The van der Waals surface area contributed by atoms with Crippen molar-refractivity contribution in [1.82, 2.24) is 9.80 Å². The van der Waals surface area contributed by atoms with Crippen molar-refractivity contribution in [1.29, 1.82) is 0 Å². The van der Waals surface area contributed by atoms with Crippen LogP contribution in [0.4, 0.5) is 0 Å². The molecule has 3 rings (SSSR count). The van der Waals surface area contributed by atoms with Gasteiger partial charge in [-0.15, -0.1) is 0 Å². The van der Waals surface area contributed by atoms with E-state index in [-0.39, 0.29) is 11.3 Å². The number of aliphatic hydroxyl groups excluding tert-OH is 1. The van der Waals surface area contributed by atoms with Crippen LogP contribution >= 0.6 is 0 Å². The Morgan fingerprint density at radius 2 is 1.81 bits per heavy atom. The van der Waals surface area contributed by atoms with Crippen LogP contribution in [0.3, 0.4) is 0 Å². The number of carbonyl (C=O) groups excluding carboxylic acids is 3. The number of ether oxygens (including phenoxy) is 1. The van der Waals surface area contributed by atoms with Crippen molar-refractivity contribution in [3.63, 3.8) is 0 Å². The number of carbonyl (C=O) groups is 3.